The van der Waals surface area contributed by atoms with E-state index in [2.05, 4.69) is 13.0 Å². The van der Waals surface area contributed by atoms with Crippen LogP contribution in [0.15, 0.2) is 11.6 Å². The van der Waals surface area contributed by atoms with E-state index in [-0.39, 0.29) is 5.41 Å². The fourth-order valence-electron chi connectivity index (χ4n) is 1.65. The van der Waals surface area contributed by atoms with E-state index in [0.29, 0.717) is 5.78 Å². The maximum absolute atomic E-state index is 11.9. The first-order chi connectivity index (χ1) is 5.91. The molecule has 0 spiro atoms. The summed E-state index contributed by atoms with van der Waals surface area (Å²) in [6, 6.07) is 0. The van der Waals surface area contributed by atoms with Crippen LogP contribution in [0.2, 0.25) is 0 Å². The van der Waals surface area contributed by atoms with Crippen LogP contribution in [0.4, 0.5) is 0 Å². The summed E-state index contributed by atoms with van der Waals surface area (Å²) in [6.07, 6.45) is 5.38. The van der Waals surface area contributed by atoms with Crippen LogP contribution >= 0.6 is 0 Å². The quantitative estimate of drug-likeness (QED) is 0.605. The second-order valence-electron chi connectivity index (χ2n) is 5.19. The lowest BCUT2D eigenvalue weighted by Gasteiger charge is -2.23. The Hall–Kier alpha value is -0.590. The van der Waals surface area contributed by atoms with Gasteiger partial charge in [-0.05, 0) is 30.8 Å². The molecule has 1 aliphatic rings. The first-order valence-electron chi connectivity index (χ1n) is 5.15. The van der Waals surface area contributed by atoms with Crippen LogP contribution in [-0.2, 0) is 4.79 Å². The molecule has 0 amide bonds. The molecule has 0 N–H and O–H groups in total. The lowest BCUT2D eigenvalue weighted by Crippen LogP contribution is -2.23. The largest absolute Gasteiger partial charge is 0.294 e. The molecule has 1 aliphatic carbocycles. The highest BCUT2D eigenvalue weighted by Gasteiger charge is 2.26. The molecule has 13 heavy (non-hydrogen) atoms. The summed E-state index contributed by atoms with van der Waals surface area (Å²) < 4.78 is 0. The number of hydrogen-bond acceptors (Lipinski definition) is 1. The molecule has 1 heteroatoms. The average Bonchev–Trinajstić information content (AvgIpc) is 2.03. The summed E-state index contributed by atoms with van der Waals surface area (Å²) in [4.78, 5) is 11.9. The number of carbonyl (C=O) groups is 1. The number of Topliss-reactive ketones (excluding diaryl/α,β-unsaturated/α-hetero) is 1. The van der Waals surface area contributed by atoms with Gasteiger partial charge in [0.05, 0.1) is 0 Å². The molecule has 0 fully saturated rings. The van der Waals surface area contributed by atoms with Gasteiger partial charge in [-0.15, -0.1) is 0 Å². The van der Waals surface area contributed by atoms with E-state index in [1.807, 2.05) is 20.8 Å². The number of rotatable bonds is 1. The van der Waals surface area contributed by atoms with Crippen molar-refractivity contribution < 1.29 is 4.79 Å². The Labute approximate surface area is 81.2 Å². The van der Waals surface area contributed by atoms with Gasteiger partial charge in [-0.1, -0.05) is 33.8 Å². The number of ketones is 1. The Balaban J connectivity index is 2.69. The number of allylic oxidation sites excluding steroid dienone is 2. The summed E-state index contributed by atoms with van der Waals surface area (Å²) in [5.41, 5.74) is 0.859. The number of hydrogen-bond donors (Lipinski definition) is 0. The molecule has 1 atom stereocenters. The zero-order valence-corrected chi connectivity index (χ0v) is 9.18. The minimum atomic E-state index is -0.202. The standard InChI is InChI=1S/C12H20O/c1-9-5-7-10(8-6-9)11(13)12(2,3)4/h7,9H,5-6,8H2,1-4H3. The third kappa shape index (κ3) is 2.68. The monoisotopic (exact) mass is 180 g/mol. The molecular weight excluding hydrogens is 160 g/mol. The van der Waals surface area contributed by atoms with Crippen molar-refractivity contribution in [1.29, 1.82) is 0 Å². The fourth-order valence-corrected chi connectivity index (χ4v) is 1.65. The minimum absolute atomic E-state index is 0.202. The number of carbonyl (C=O) groups excluding carboxylic acids is 1. The molecule has 1 rings (SSSR count). The van der Waals surface area contributed by atoms with Crippen molar-refractivity contribution in [3.05, 3.63) is 11.6 Å². The van der Waals surface area contributed by atoms with Crippen LogP contribution < -0.4 is 0 Å². The zero-order valence-electron chi connectivity index (χ0n) is 9.18. The summed E-state index contributed by atoms with van der Waals surface area (Å²) in [6.45, 7) is 8.23. The summed E-state index contributed by atoms with van der Waals surface area (Å²) >= 11 is 0. The van der Waals surface area contributed by atoms with Crippen LogP contribution in [0.3, 0.4) is 0 Å². The normalized spacial score (nSPS) is 24.0. The molecule has 0 aromatic carbocycles. The van der Waals surface area contributed by atoms with Crippen molar-refractivity contribution in [3.8, 4) is 0 Å². The van der Waals surface area contributed by atoms with E-state index in [0.717, 1.165) is 24.3 Å². The molecule has 0 aliphatic heterocycles. The molecule has 0 aromatic rings. The SMILES string of the molecule is CC1CC=C(C(=O)C(C)(C)C)CC1. The van der Waals surface area contributed by atoms with E-state index in [1.165, 1.54) is 6.42 Å². The maximum Gasteiger partial charge on any atom is 0.163 e. The molecule has 1 unspecified atom stereocenters. The van der Waals surface area contributed by atoms with Crippen LogP contribution in [0.1, 0.15) is 47.0 Å². The second-order valence-corrected chi connectivity index (χ2v) is 5.19. The first-order valence-corrected chi connectivity index (χ1v) is 5.15. The minimum Gasteiger partial charge on any atom is -0.294 e. The summed E-state index contributed by atoms with van der Waals surface area (Å²) in [7, 11) is 0. The molecule has 0 radical (unpaired) electrons. The highest BCUT2D eigenvalue weighted by atomic mass is 16.1. The Morgan fingerprint density at radius 1 is 1.46 bits per heavy atom. The van der Waals surface area contributed by atoms with Crippen LogP contribution in [-0.4, -0.2) is 5.78 Å². The molecule has 0 heterocycles. The van der Waals surface area contributed by atoms with Crippen molar-refractivity contribution in [3.63, 3.8) is 0 Å². The van der Waals surface area contributed by atoms with E-state index in [4.69, 9.17) is 0 Å². The van der Waals surface area contributed by atoms with Gasteiger partial charge in [0.25, 0.3) is 0 Å². The molecule has 1 nitrogen and oxygen atoms in total. The van der Waals surface area contributed by atoms with Gasteiger partial charge in [-0.2, -0.15) is 0 Å². The predicted octanol–water partition coefficient (Wildman–Crippen LogP) is 3.35. The smallest absolute Gasteiger partial charge is 0.163 e. The Kier molecular flexibility index (Phi) is 2.94. The Morgan fingerprint density at radius 2 is 2.08 bits per heavy atom. The molecule has 74 valence electrons. The van der Waals surface area contributed by atoms with Gasteiger partial charge >= 0.3 is 0 Å². The van der Waals surface area contributed by atoms with Crippen molar-refractivity contribution in [1.82, 2.24) is 0 Å². The van der Waals surface area contributed by atoms with E-state index in [1.54, 1.807) is 0 Å². The molecule has 0 saturated heterocycles. The lowest BCUT2D eigenvalue weighted by molar-refractivity contribution is -0.122. The van der Waals surface area contributed by atoms with E-state index in [9.17, 15) is 4.79 Å². The van der Waals surface area contributed by atoms with E-state index >= 15 is 0 Å². The van der Waals surface area contributed by atoms with E-state index < -0.39 is 0 Å². The topological polar surface area (TPSA) is 17.1 Å². The van der Waals surface area contributed by atoms with Crippen LogP contribution in [0.5, 0.6) is 0 Å². The van der Waals surface area contributed by atoms with Crippen LogP contribution in [0, 0.1) is 11.3 Å². The van der Waals surface area contributed by atoms with Gasteiger partial charge in [-0.25, -0.2) is 0 Å². The molecule has 0 bridgehead atoms. The van der Waals surface area contributed by atoms with Crippen molar-refractivity contribution in [2.24, 2.45) is 11.3 Å². The Bertz CT molecular complexity index is 230. The van der Waals surface area contributed by atoms with Crippen LogP contribution in [0.25, 0.3) is 0 Å². The first kappa shape index (κ1) is 10.5. The summed E-state index contributed by atoms with van der Waals surface area (Å²) in [5, 5.41) is 0. The van der Waals surface area contributed by atoms with Gasteiger partial charge in [0.1, 0.15) is 0 Å². The molecular formula is C12H20O. The van der Waals surface area contributed by atoms with Crippen molar-refractivity contribution in [2.75, 3.05) is 0 Å². The van der Waals surface area contributed by atoms with Crippen molar-refractivity contribution in [2.45, 2.75) is 47.0 Å². The van der Waals surface area contributed by atoms with Gasteiger partial charge in [-0.3, -0.25) is 4.79 Å². The highest BCUT2D eigenvalue weighted by Crippen LogP contribution is 2.29. The predicted molar refractivity (Wildman–Crippen MR) is 55.6 cm³/mol. The molecule has 0 aromatic heterocycles. The molecule has 0 saturated carbocycles. The van der Waals surface area contributed by atoms with Gasteiger partial charge < -0.3 is 0 Å². The zero-order chi connectivity index (χ0) is 10.1. The maximum atomic E-state index is 11.9. The second kappa shape index (κ2) is 3.65. The van der Waals surface area contributed by atoms with Gasteiger partial charge in [0.2, 0.25) is 0 Å². The third-order valence-corrected chi connectivity index (χ3v) is 2.65. The summed E-state index contributed by atoms with van der Waals surface area (Å²) in [5.74, 6) is 1.09. The van der Waals surface area contributed by atoms with Crippen molar-refractivity contribution >= 4 is 5.78 Å². The fraction of sp³-hybridized carbons (Fsp3) is 0.750. The van der Waals surface area contributed by atoms with Gasteiger partial charge in [0.15, 0.2) is 5.78 Å². The third-order valence-electron chi connectivity index (χ3n) is 2.65. The highest BCUT2D eigenvalue weighted by molar-refractivity contribution is 5.99. The average molecular weight is 180 g/mol. The lowest BCUT2D eigenvalue weighted by atomic mass is 9.80. The van der Waals surface area contributed by atoms with Gasteiger partial charge in [0, 0.05) is 5.41 Å². The Morgan fingerprint density at radius 3 is 2.46 bits per heavy atom.